The Labute approximate surface area is 123 Å². The van der Waals surface area contributed by atoms with E-state index < -0.39 is 0 Å². The summed E-state index contributed by atoms with van der Waals surface area (Å²) in [4.78, 5) is 2.22. The summed E-state index contributed by atoms with van der Waals surface area (Å²) in [5.74, 6) is 0.931. The average molecular weight is 289 g/mol. The van der Waals surface area contributed by atoms with Crippen LogP contribution in [0.1, 0.15) is 11.1 Å². The quantitative estimate of drug-likeness (QED) is 0.903. The lowest BCUT2D eigenvalue weighted by Gasteiger charge is -2.18. The molecule has 4 nitrogen and oxygen atoms in total. The van der Waals surface area contributed by atoms with Gasteiger partial charge in [0, 0.05) is 19.2 Å². The smallest absolute Gasteiger partial charge is 0.126 e. The molecule has 0 fully saturated rings. The minimum absolute atomic E-state index is 0.762. The van der Waals surface area contributed by atoms with Gasteiger partial charge in [-0.3, -0.25) is 0 Å². The van der Waals surface area contributed by atoms with Crippen LogP contribution in [0, 0.1) is 6.92 Å². The Balaban J connectivity index is 1.89. The molecule has 0 radical (unpaired) electrons. The second kappa shape index (κ2) is 5.25. The first kappa shape index (κ1) is 13.1. The van der Waals surface area contributed by atoms with Crippen molar-refractivity contribution >= 4 is 27.7 Å². The fraction of sp³-hybridized carbons (Fsp3) is 0.333. The van der Waals surface area contributed by atoms with Gasteiger partial charge in [0.1, 0.15) is 5.75 Å². The topological polar surface area (TPSA) is 36.5 Å². The normalized spacial score (nSPS) is 13.1. The lowest BCUT2D eigenvalue weighted by molar-refractivity contribution is 0.410. The Morgan fingerprint density at radius 2 is 2.30 bits per heavy atom. The molecule has 5 heteroatoms. The van der Waals surface area contributed by atoms with Gasteiger partial charge >= 0.3 is 0 Å². The van der Waals surface area contributed by atoms with Crippen LogP contribution >= 0.6 is 11.3 Å². The van der Waals surface area contributed by atoms with Crippen molar-refractivity contribution in [2.24, 2.45) is 0 Å². The van der Waals surface area contributed by atoms with Crippen molar-refractivity contribution in [3.05, 3.63) is 34.7 Å². The highest BCUT2D eigenvalue weighted by Gasteiger charge is 2.22. The molecule has 0 atom stereocenters. The number of aryl methyl sites for hydroxylation is 1. The summed E-state index contributed by atoms with van der Waals surface area (Å²) >= 11 is 1.74. The molecule has 3 rings (SSSR count). The van der Waals surface area contributed by atoms with Gasteiger partial charge in [0.25, 0.3) is 0 Å². The Bertz CT molecular complexity index is 624. The van der Waals surface area contributed by atoms with Gasteiger partial charge in [-0.2, -0.15) is 0 Å². The van der Waals surface area contributed by atoms with E-state index in [1.165, 1.54) is 27.5 Å². The molecular weight excluding hydrogens is 270 g/mol. The summed E-state index contributed by atoms with van der Waals surface area (Å²) in [6.07, 6.45) is 0. The number of hydrogen-bond acceptors (Lipinski definition) is 5. The number of benzene rings is 1. The van der Waals surface area contributed by atoms with Gasteiger partial charge in [0.05, 0.1) is 30.2 Å². The van der Waals surface area contributed by atoms with E-state index in [0.29, 0.717) is 0 Å². The summed E-state index contributed by atoms with van der Waals surface area (Å²) in [7, 11) is 3.82. The zero-order valence-electron chi connectivity index (χ0n) is 12.0. The molecule has 2 heterocycles. The second-order valence-corrected chi connectivity index (χ2v) is 5.93. The third-order valence-electron chi connectivity index (χ3n) is 3.52. The zero-order chi connectivity index (χ0) is 14.1. The third kappa shape index (κ3) is 2.29. The highest BCUT2D eigenvalue weighted by Crippen LogP contribution is 2.39. The summed E-state index contributed by atoms with van der Waals surface area (Å²) in [6.45, 7) is 3.71. The molecule has 2 N–H and O–H groups in total. The summed E-state index contributed by atoms with van der Waals surface area (Å²) < 4.78 is 5.52. The standard InChI is InChI=1S/C15H19N3OS/c1-10-6-14(20-8-10)16-7-11-13(19-3)5-4-12-15(11)18(2)9-17-12/h4-6,8,16-17H,7,9H2,1-3H3. The number of rotatable bonds is 4. The summed E-state index contributed by atoms with van der Waals surface area (Å²) in [6, 6.07) is 6.28. The molecule has 106 valence electrons. The molecule has 0 aliphatic carbocycles. The van der Waals surface area contributed by atoms with Crippen molar-refractivity contribution in [2.45, 2.75) is 13.5 Å². The molecule has 0 amide bonds. The monoisotopic (exact) mass is 289 g/mol. The molecule has 0 unspecified atom stereocenters. The maximum absolute atomic E-state index is 5.52. The molecule has 0 bridgehead atoms. The van der Waals surface area contributed by atoms with Crippen LogP contribution < -0.4 is 20.3 Å². The predicted octanol–water partition coefficient (Wildman–Crippen LogP) is 3.50. The van der Waals surface area contributed by atoms with Crippen molar-refractivity contribution in [3.8, 4) is 5.75 Å². The largest absolute Gasteiger partial charge is 0.496 e. The summed E-state index contributed by atoms with van der Waals surface area (Å²) in [5, 5.41) is 10.2. The van der Waals surface area contributed by atoms with Crippen LogP contribution in [0.25, 0.3) is 0 Å². The Hall–Kier alpha value is -1.88. The van der Waals surface area contributed by atoms with Gasteiger partial charge in [-0.1, -0.05) is 0 Å². The molecular formula is C15H19N3OS. The van der Waals surface area contributed by atoms with E-state index in [4.69, 9.17) is 4.74 Å². The predicted molar refractivity (Wildman–Crippen MR) is 86.3 cm³/mol. The maximum Gasteiger partial charge on any atom is 0.126 e. The molecule has 0 saturated carbocycles. The van der Waals surface area contributed by atoms with Crippen molar-refractivity contribution < 1.29 is 4.74 Å². The van der Waals surface area contributed by atoms with Crippen LogP contribution in [-0.2, 0) is 6.54 Å². The van der Waals surface area contributed by atoms with Gasteiger partial charge in [0.2, 0.25) is 0 Å². The van der Waals surface area contributed by atoms with Crippen LogP contribution in [-0.4, -0.2) is 20.8 Å². The number of fused-ring (bicyclic) bond motifs is 1. The van der Waals surface area contributed by atoms with E-state index in [0.717, 1.165) is 19.0 Å². The fourth-order valence-electron chi connectivity index (χ4n) is 2.54. The lowest BCUT2D eigenvalue weighted by atomic mass is 10.1. The van der Waals surface area contributed by atoms with Crippen molar-refractivity contribution in [1.29, 1.82) is 0 Å². The highest BCUT2D eigenvalue weighted by atomic mass is 32.1. The van der Waals surface area contributed by atoms with E-state index in [2.05, 4.69) is 47.0 Å². The first-order valence-electron chi connectivity index (χ1n) is 6.63. The lowest BCUT2D eigenvalue weighted by Crippen LogP contribution is -2.17. The van der Waals surface area contributed by atoms with Gasteiger partial charge < -0.3 is 20.3 Å². The number of nitrogens with one attached hydrogen (secondary N) is 2. The number of nitrogens with zero attached hydrogens (tertiary/aromatic N) is 1. The Morgan fingerprint density at radius 1 is 1.45 bits per heavy atom. The minimum atomic E-state index is 0.762. The number of thiophene rings is 1. The molecule has 1 aliphatic heterocycles. The molecule has 20 heavy (non-hydrogen) atoms. The van der Waals surface area contributed by atoms with Crippen LogP contribution in [0.15, 0.2) is 23.6 Å². The zero-order valence-corrected chi connectivity index (χ0v) is 12.8. The van der Waals surface area contributed by atoms with Gasteiger partial charge in [-0.15, -0.1) is 11.3 Å². The van der Waals surface area contributed by atoms with Crippen LogP contribution in [0.3, 0.4) is 0 Å². The van der Waals surface area contributed by atoms with Crippen LogP contribution in [0.2, 0.25) is 0 Å². The number of methoxy groups -OCH3 is 1. The fourth-order valence-corrected chi connectivity index (χ4v) is 3.33. The van der Waals surface area contributed by atoms with Crippen molar-refractivity contribution in [1.82, 2.24) is 0 Å². The van der Waals surface area contributed by atoms with E-state index in [-0.39, 0.29) is 0 Å². The first-order chi connectivity index (χ1) is 9.69. The van der Waals surface area contributed by atoms with Crippen LogP contribution in [0.4, 0.5) is 16.4 Å². The molecule has 0 saturated heterocycles. The van der Waals surface area contributed by atoms with E-state index >= 15 is 0 Å². The van der Waals surface area contributed by atoms with Crippen molar-refractivity contribution in [2.75, 3.05) is 36.4 Å². The average Bonchev–Trinajstić information content (AvgIpc) is 3.03. The number of hydrogen-bond donors (Lipinski definition) is 2. The third-order valence-corrected chi connectivity index (χ3v) is 4.52. The first-order valence-corrected chi connectivity index (χ1v) is 7.51. The SMILES string of the molecule is COc1ccc2c(c1CNc1cc(C)cs1)N(C)CN2. The second-order valence-electron chi connectivity index (χ2n) is 5.02. The highest BCUT2D eigenvalue weighted by molar-refractivity contribution is 7.14. The number of anilines is 3. The molecule has 1 aliphatic rings. The van der Waals surface area contributed by atoms with E-state index in [9.17, 15) is 0 Å². The molecule has 1 aromatic heterocycles. The van der Waals surface area contributed by atoms with E-state index in [1.807, 2.05) is 6.07 Å². The van der Waals surface area contributed by atoms with Gasteiger partial charge in [-0.25, -0.2) is 0 Å². The minimum Gasteiger partial charge on any atom is -0.496 e. The van der Waals surface area contributed by atoms with E-state index in [1.54, 1.807) is 18.4 Å². The number of ether oxygens (including phenoxy) is 1. The molecule has 1 aromatic carbocycles. The Morgan fingerprint density at radius 3 is 3.00 bits per heavy atom. The van der Waals surface area contributed by atoms with Gasteiger partial charge in [-0.05, 0) is 36.1 Å². The molecule has 0 spiro atoms. The van der Waals surface area contributed by atoms with Gasteiger partial charge in [0.15, 0.2) is 0 Å². The summed E-state index contributed by atoms with van der Waals surface area (Å²) in [5.41, 5.74) is 4.89. The molecule has 2 aromatic rings. The van der Waals surface area contributed by atoms with Crippen molar-refractivity contribution in [3.63, 3.8) is 0 Å². The van der Waals surface area contributed by atoms with Crippen LogP contribution in [0.5, 0.6) is 5.75 Å². The Kier molecular flexibility index (Phi) is 3.44. The maximum atomic E-state index is 5.52.